The third-order valence-corrected chi connectivity index (χ3v) is 5.35. The van der Waals surface area contributed by atoms with Crippen molar-refractivity contribution in [3.63, 3.8) is 0 Å². The van der Waals surface area contributed by atoms with Crippen molar-refractivity contribution in [2.75, 3.05) is 0 Å². The molecule has 0 fully saturated rings. The first-order valence-corrected chi connectivity index (χ1v) is 10.1. The van der Waals surface area contributed by atoms with Gasteiger partial charge in [0.05, 0.1) is 17.5 Å². The Balaban J connectivity index is 1.54. The van der Waals surface area contributed by atoms with Crippen molar-refractivity contribution in [1.29, 1.82) is 0 Å². The quantitative estimate of drug-likeness (QED) is 0.273. The fourth-order valence-electron chi connectivity index (χ4n) is 2.78. The summed E-state index contributed by atoms with van der Waals surface area (Å²) >= 11 is 7.34. The Bertz CT molecular complexity index is 1140. The van der Waals surface area contributed by atoms with E-state index in [0.29, 0.717) is 45.5 Å². The molecule has 146 valence electrons. The molecule has 0 saturated heterocycles. The van der Waals surface area contributed by atoms with Crippen molar-refractivity contribution in [1.82, 2.24) is 19.7 Å². The largest absolute Gasteiger partial charge is 0.440 e. The molecule has 0 spiro atoms. The number of benzene rings is 2. The van der Waals surface area contributed by atoms with Crippen molar-refractivity contribution in [2.45, 2.75) is 17.5 Å². The first-order chi connectivity index (χ1) is 14.2. The minimum Gasteiger partial charge on any atom is -0.440 e. The van der Waals surface area contributed by atoms with Crippen LogP contribution in [0.25, 0.3) is 22.7 Å². The van der Waals surface area contributed by atoms with E-state index in [2.05, 4.69) is 21.8 Å². The van der Waals surface area contributed by atoms with E-state index in [9.17, 15) is 4.39 Å². The Labute approximate surface area is 176 Å². The molecule has 0 bridgehead atoms. The van der Waals surface area contributed by atoms with Gasteiger partial charge in [-0.1, -0.05) is 41.6 Å². The van der Waals surface area contributed by atoms with E-state index in [-0.39, 0.29) is 5.82 Å². The van der Waals surface area contributed by atoms with Gasteiger partial charge in [-0.05, 0) is 36.4 Å². The van der Waals surface area contributed by atoms with Crippen LogP contribution < -0.4 is 0 Å². The van der Waals surface area contributed by atoms with Gasteiger partial charge in [-0.15, -0.1) is 16.8 Å². The highest BCUT2D eigenvalue weighted by molar-refractivity contribution is 7.98. The molecule has 4 aromatic rings. The third-order valence-electron chi connectivity index (χ3n) is 4.15. The number of nitrogens with zero attached hydrogens (tertiary/aromatic N) is 4. The van der Waals surface area contributed by atoms with Crippen molar-refractivity contribution in [3.8, 4) is 22.7 Å². The van der Waals surface area contributed by atoms with Gasteiger partial charge in [0.2, 0.25) is 5.89 Å². The number of allylic oxidation sites excluding steroid dienone is 1. The molecule has 4 rings (SSSR count). The molecule has 0 aliphatic rings. The van der Waals surface area contributed by atoms with E-state index in [4.69, 9.17) is 16.0 Å². The maximum Gasteiger partial charge on any atom is 0.205 e. The minimum atomic E-state index is -0.345. The maximum atomic E-state index is 14.2. The molecule has 2 aromatic carbocycles. The zero-order valence-corrected chi connectivity index (χ0v) is 16.8. The van der Waals surface area contributed by atoms with E-state index < -0.39 is 0 Å². The summed E-state index contributed by atoms with van der Waals surface area (Å²) in [6.07, 6.45) is 3.40. The number of rotatable bonds is 7. The summed E-state index contributed by atoms with van der Waals surface area (Å²) in [6.45, 7) is 4.23. The molecule has 8 heteroatoms. The third kappa shape index (κ3) is 4.26. The van der Waals surface area contributed by atoms with Crippen LogP contribution in [-0.2, 0) is 12.3 Å². The lowest BCUT2D eigenvalue weighted by atomic mass is 10.2. The fraction of sp³-hybridized carbons (Fsp3) is 0.0952. The number of hydrogen-bond donors (Lipinski definition) is 0. The van der Waals surface area contributed by atoms with Crippen LogP contribution in [0.1, 0.15) is 5.89 Å². The van der Waals surface area contributed by atoms with Gasteiger partial charge in [-0.25, -0.2) is 9.37 Å². The summed E-state index contributed by atoms with van der Waals surface area (Å²) in [4.78, 5) is 4.33. The van der Waals surface area contributed by atoms with Gasteiger partial charge in [0.15, 0.2) is 16.7 Å². The molecule has 0 amide bonds. The molecule has 5 nitrogen and oxygen atoms in total. The summed E-state index contributed by atoms with van der Waals surface area (Å²) in [5.41, 5.74) is 1.30. The van der Waals surface area contributed by atoms with Crippen molar-refractivity contribution in [3.05, 3.63) is 84.1 Å². The number of hydrogen-bond acceptors (Lipinski definition) is 5. The lowest BCUT2D eigenvalue weighted by Crippen LogP contribution is -2.01. The summed E-state index contributed by atoms with van der Waals surface area (Å²) in [5, 5.41) is 9.70. The van der Waals surface area contributed by atoms with E-state index >= 15 is 0 Å². The lowest BCUT2D eigenvalue weighted by molar-refractivity contribution is 0.529. The van der Waals surface area contributed by atoms with Crippen LogP contribution in [0.2, 0.25) is 5.02 Å². The molecule has 2 heterocycles. The first-order valence-electron chi connectivity index (χ1n) is 8.78. The molecule has 29 heavy (non-hydrogen) atoms. The lowest BCUT2D eigenvalue weighted by Gasteiger charge is -2.07. The predicted molar refractivity (Wildman–Crippen MR) is 112 cm³/mol. The smallest absolute Gasteiger partial charge is 0.205 e. The van der Waals surface area contributed by atoms with Gasteiger partial charge in [-0.3, -0.25) is 4.57 Å². The summed E-state index contributed by atoms with van der Waals surface area (Å²) < 4.78 is 21.8. The number of aromatic nitrogens is 4. The zero-order valence-electron chi connectivity index (χ0n) is 15.3. The Morgan fingerprint density at radius 2 is 1.93 bits per heavy atom. The number of oxazole rings is 1. The molecule has 0 saturated carbocycles. The van der Waals surface area contributed by atoms with Crippen LogP contribution in [-0.4, -0.2) is 19.7 Å². The van der Waals surface area contributed by atoms with Gasteiger partial charge in [0, 0.05) is 17.1 Å². The Morgan fingerprint density at radius 3 is 2.69 bits per heavy atom. The van der Waals surface area contributed by atoms with Crippen LogP contribution in [0.15, 0.2) is 77.0 Å². The molecule has 0 atom stereocenters. The maximum absolute atomic E-state index is 14.2. The molecule has 0 aliphatic heterocycles. The first kappa shape index (κ1) is 19.4. The highest BCUT2D eigenvalue weighted by atomic mass is 35.5. The molecule has 2 aromatic heterocycles. The topological polar surface area (TPSA) is 56.7 Å². The number of thioether (sulfide) groups is 1. The van der Waals surface area contributed by atoms with Crippen molar-refractivity contribution in [2.24, 2.45) is 0 Å². The fourth-order valence-corrected chi connectivity index (χ4v) is 3.71. The normalized spacial score (nSPS) is 11.0. The summed E-state index contributed by atoms with van der Waals surface area (Å²) in [6, 6.07) is 13.8. The molecule has 0 radical (unpaired) electrons. The van der Waals surface area contributed by atoms with E-state index in [1.165, 1.54) is 17.8 Å². The standard InChI is InChI=1S/C21H16ClFN4OS/c1-2-11-27-20(16-5-3-4-6-17(16)23)25-26-21(27)29-13-19-24-12-18(28-19)14-7-9-15(22)10-8-14/h2-10,12H,1,11,13H2. The van der Waals surface area contributed by atoms with Crippen LogP contribution in [0.4, 0.5) is 4.39 Å². The molecule has 0 N–H and O–H groups in total. The van der Waals surface area contributed by atoms with E-state index in [0.717, 1.165) is 5.56 Å². The second-order valence-electron chi connectivity index (χ2n) is 6.10. The van der Waals surface area contributed by atoms with Gasteiger partial charge in [0.1, 0.15) is 5.82 Å². The Morgan fingerprint density at radius 1 is 1.14 bits per heavy atom. The number of halogens is 2. The highest BCUT2D eigenvalue weighted by Gasteiger charge is 2.17. The Kier molecular flexibility index (Phi) is 5.78. The van der Waals surface area contributed by atoms with E-state index in [1.807, 2.05) is 16.7 Å². The van der Waals surface area contributed by atoms with Gasteiger partial charge in [-0.2, -0.15) is 0 Å². The monoisotopic (exact) mass is 426 g/mol. The minimum absolute atomic E-state index is 0.345. The molecule has 0 aliphatic carbocycles. The molecular weight excluding hydrogens is 411 g/mol. The summed E-state index contributed by atoms with van der Waals surface area (Å²) in [5.74, 6) is 1.79. The zero-order chi connectivity index (χ0) is 20.2. The van der Waals surface area contributed by atoms with Crippen LogP contribution in [0.5, 0.6) is 0 Å². The van der Waals surface area contributed by atoms with Crippen LogP contribution in [0, 0.1) is 5.82 Å². The van der Waals surface area contributed by atoms with Gasteiger partial charge < -0.3 is 4.42 Å². The average Bonchev–Trinajstić information content (AvgIpc) is 3.35. The van der Waals surface area contributed by atoms with Crippen LogP contribution in [0.3, 0.4) is 0 Å². The Hall–Kier alpha value is -2.90. The summed E-state index contributed by atoms with van der Waals surface area (Å²) in [7, 11) is 0. The molecular formula is C21H16ClFN4OS. The van der Waals surface area contributed by atoms with Crippen molar-refractivity contribution >= 4 is 23.4 Å². The van der Waals surface area contributed by atoms with Crippen molar-refractivity contribution < 1.29 is 8.81 Å². The predicted octanol–water partition coefficient (Wildman–Crippen LogP) is 5.87. The average molecular weight is 427 g/mol. The highest BCUT2D eigenvalue weighted by Crippen LogP contribution is 2.29. The second kappa shape index (κ2) is 8.63. The van der Waals surface area contributed by atoms with E-state index in [1.54, 1.807) is 42.6 Å². The second-order valence-corrected chi connectivity index (χ2v) is 7.48. The SMILES string of the molecule is C=CCn1c(SCc2ncc(-c3ccc(Cl)cc3)o2)nnc1-c1ccccc1F. The van der Waals surface area contributed by atoms with Gasteiger partial charge >= 0.3 is 0 Å². The van der Waals surface area contributed by atoms with Gasteiger partial charge in [0.25, 0.3) is 0 Å². The van der Waals surface area contributed by atoms with Crippen LogP contribution >= 0.6 is 23.4 Å². The molecule has 0 unspecified atom stereocenters.